The van der Waals surface area contributed by atoms with Crippen molar-refractivity contribution in [3.8, 4) is 0 Å². The van der Waals surface area contributed by atoms with E-state index in [4.69, 9.17) is 17.3 Å². The molecule has 1 heterocycles. The van der Waals surface area contributed by atoms with Crippen molar-refractivity contribution in [1.29, 1.82) is 0 Å². The fraction of sp³-hybridized carbons (Fsp3) is 0.0769. The number of hydrogen-bond acceptors (Lipinski definition) is 3. The predicted molar refractivity (Wildman–Crippen MR) is 79.2 cm³/mol. The summed E-state index contributed by atoms with van der Waals surface area (Å²) in [6.45, 7) is 0.292. The largest absolute Gasteiger partial charge is 0.325 e. The standard InChI is InChI=1S/C13H11BrClN3O/c14-9-1-2-12(11(15)6-9)18-13(19)8-3-4-17-10(5-8)7-16/h1-6H,7,16H2,(H,18,19). The third kappa shape index (κ3) is 3.53. The highest BCUT2D eigenvalue weighted by Gasteiger charge is 2.09. The molecule has 6 heteroatoms. The molecule has 0 aliphatic carbocycles. The number of nitrogens with zero attached hydrogens (tertiary/aromatic N) is 1. The van der Waals surface area contributed by atoms with Crippen LogP contribution in [0.25, 0.3) is 0 Å². The van der Waals surface area contributed by atoms with Crippen LogP contribution in [0.3, 0.4) is 0 Å². The van der Waals surface area contributed by atoms with Crippen molar-refractivity contribution < 1.29 is 4.79 Å². The van der Waals surface area contributed by atoms with Gasteiger partial charge in [0.2, 0.25) is 0 Å². The first-order valence-corrected chi connectivity index (χ1v) is 6.68. The molecule has 98 valence electrons. The van der Waals surface area contributed by atoms with E-state index in [2.05, 4.69) is 26.2 Å². The van der Waals surface area contributed by atoms with Gasteiger partial charge in [-0.3, -0.25) is 9.78 Å². The first-order chi connectivity index (χ1) is 9.10. The van der Waals surface area contributed by atoms with Gasteiger partial charge in [0, 0.05) is 22.8 Å². The Kier molecular flexibility index (Phi) is 4.52. The summed E-state index contributed by atoms with van der Waals surface area (Å²) in [4.78, 5) is 16.1. The molecule has 1 amide bonds. The quantitative estimate of drug-likeness (QED) is 0.901. The maximum atomic E-state index is 12.1. The molecule has 4 nitrogen and oxygen atoms in total. The number of carbonyl (C=O) groups excluding carboxylic acids is 1. The summed E-state index contributed by atoms with van der Waals surface area (Å²) in [5.74, 6) is -0.249. The van der Waals surface area contributed by atoms with Crippen LogP contribution in [0.2, 0.25) is 5.02 Å². The molecule has 0 aliphatic heterocycles. The lowest BCUT2D eigenvalue weighted by molar-refractivity contribution is 0.102. The van der Waals surface area contributed by atoms with Crippen molar-refractivity contribution in [3.63, 3.8) is 0 Å². The second-order valence-electron chi connectivity index (χ2n) is 3.82. The van der Waals surface area contributed by atoms with Gasteiger partial charge in [0.25, 0.3) is 5.91 Å². The molecular formula is C13H11BrClN3O. The molecule has 0 bridgehead atoms. The Balaban J connectivity index is 2.20. The topological polar surface area (TPSA) is 68.0 Å². The van der Waals surface area contributed by atoms with Gasteiger partial charge in [0.05, 0.1) is 16.4 Å². The lowest BCUT2D eigenvalue weighted by Crippen LogP contribution is -2.13. The summed E-state index contributed by atoms with van der Waals surface area (Å²) in [6.07, 6.45) is 1.56. The van der Waals surface area contributed by atoms with Gasteiger partial charge in [0.1, 0.15) is 0 Å². The van der Waals surface area contributed by atoms with Crippen LogP contribution in [0.1, 0.15) is 16.1 Å². The van der Waals surface area contributed by atoms with Gasteiger partial charge >= 0.3 is 0 Å². The molecule has 0 spiro atoms. The van der Waals surface area contributed by atoms with E-state index in [1.165, 1.54) is 0 Å². The number of benzene rings is 1. The fourth-order valence-corrected chi connectivity index (χ4v) is 2.24. The Labute approximate surface area is 124 Å². The highest BCUT2D eigenvalue weighted by atomic mass is 79.9. The summed E-state index contributed by atoms with van der Waals surface area (Å²) in [5.41, 5.74) is 7.20. The van der Waals surface area contributed by atoms with E-state index in [1.807, 2.05) is 0 Å². The molecule has 0 saturated carbocycles. The molecule has 2 aromatic rings. The normalized spacial score (nSPS) is 10.3. The fourth-order valence-electron chi connectivity index (χ4n) is 1.52. The van der Waals surface area contributed by atoms with Gasteiger partial charge < -0.3 is 11.1 Å². The maximum Gasteiger partial charge on any atom is 0.255 e. The molecule has 0 aliphatic rings. The summed E-state index contributed by atoms with van der Waals surface area (Å²) >= 11 is 9.35. The molecule has 0 saturated heterocycles. The average molecular weight is 341 g/mol. The van der Waals surface area contributed by atoms with Crippen LogP contribution in [0.15, 0.2) is 41.0 Å². The number of rotatable bonds is 3. The zero-order valence-electron chi connectivity index (χ0n) is 9.86. The van der Waals surface area contributed by atoms with Crippen molar-refractivity contribution in [1.82, 2.24) is 4.98 Å². The number of anilines is 1. The van der Waals surface area contributed by atoms with Crippen LogP contribution in [0.5, 0.6) is 0 Å². The second kappa shape index (κ2) is 6.14. The van der Waals surface area contributed by atoms with E-state index < -0.39 is 0 Å². The van der Waals surface area contributed by atoms with Crippen molar-refractivity contribution in [2.75, 3.05) is 5.32 Å². The molecule has 3 N–H and O–H groups in total. The predicted octanol–water partition coefficient (Wildman–Crippen LogP) is 3.21. The summed E-state index contributed by atoms with van der Waals surface area (Å²) < 4.78 is 0.852. The van der Waals surface area contributed by atoms with Crippen molar-refractivity contribution in [2.24, 2.45) is 5.73 Å². The van der Waals surface area contributed by atoms with E-state index in [-0.39, 0.29) is 5.91 Å². The van der Waals surface area contributed by atoms with E-state index in [9.17, 15) is 4.79 Å². The van der Waals surface area contributed by atoms with Crippen LogP contribution >= 0.6 is 27.5 Å². The van der Waals surface area contributed by atoms with Crippen LogP contribution in [0.4, 0.5) is 5.69 Å². The Hall–Kier alpha value is -1.43. The number of nitrogens with one attached hydrogen (secondary N) is 1. The molecule has 1 aromatic heterocycles. The zero-order valence-corrected chi connectivity index (χ0v) is 12.2. The number of pyridine rings is 1. The third-order valence-electron chi connectivity index (χ3n) is 2.47. The van der Waals surface area contributed by atoms with E-state index in [1.54, 1.807) is 36.5 Å². The molecule has 19 heavy (non-hydrogen) atoms. The summed E-state index contributed by atoms with van der Waals surface area (Å²) in [7, 11) is 0. The molecule has 0 atom stereocenters. The first kappa shape index (κ1) is 14.0. The Morgan fingerprint density at radius 3 is 2.84 bits per heavy atom. The van der Waals surface area contributed by atoms with Crippen LogP contribution in [0, 0.1) is 0 Å². The van der Waals surface area contributed by atoms with Crippen molar-refractivity contribution in [2.45, 2.75) is 6.54 Å². The van der Waals surface area contributed by atoms with E-state index in [0.29, 0.717) is 28.5 Å². The lowest BCUT2D eigenvalue weighted by atomic mass is 10.2. The SMILES string of the molecule is NCc1cc(C(=O)Nc2ccc(Br)cc2Cl)ccn1. The van der Waals surface area contributed by atoms with Gasteiger partial charge in [-0.15, -0.1) is 0 Å². The van der Waals surface area contributed by atoms with E-state index in [0.717, 1.165) is 4.47 Å². The van der Waals surface area contributed by atoms with Crippen LogP contribution in [-0.4, -0.2) is 10.9 Å². The minimum Gasteiger partial charge on any atom is -0.325 e. The van der Waals surface area contributed by atoms with E-state index >= 15 is 0 Å². The number of halogens is 2. The summed E-state index contributed by atoms with van der Waals surface area (Å²) in [5, 5.41) is 3.21. The highest BCUT2D eigenvalue weighted by molar-refractivity contribution is 9.10. The Morgan fingerprint density at radius 1 is 1.37 bits per heavy atom. The number of nitrogens with two attached hydrogens (primary N) is 1. The maximum absolute atomic E-state index is 12.1. The lowest BCUT2D eigenvalue weighted by Gasteiger charge is -2.08. The molecule has 0 fully saturated rings. The van der Waals surface area contributed by atoms with Crippen LogP contribution in [-0.2, 0) is 6.54 Å². The van der Waals surface area contributed by atoms with Gasteiger partial charge in [-0.1, -0.05) is 27.5 Å². The molecular weight excluding hydrogens is 330 g/mol. The second-order valence-corrected chi connectivity index (χ2v) is 5.14. The van der Waals surface area contributed by atoms with Crippen LogP contribution < -0.4 is 11.1 Å². The van der Waals surface area contributed by atoms with Gasteiger partial charge in [0.15, 0.2) is 0 Å². The zero-order chi connectivity index (χ0) is 13.8. The number of hydrogen-bond donors (Lipinski definition) is 2. The number of carbonyl (C=O) groups is 1. The van der Waals surface area contributed by atoms with Gasteiger partial charge in [-0.2, -0.15) is 0 Å². The minimum absolute atomic E-state index is 0.249. The molecule has 0 radical (unpaired) electrons. The third-order valence-corrected chi connectivity index (χ3v) is 3.27. The average Bonchev–Trinajstić information content (AvgIpc) is 2.42. The number of amides is 1. The Bertz CT molecular complexity index is 619. The summed E-state index contributed by atoms with van der Waals surface area (Å²) in [6, 6.07) is 8.53. The molecule has 2 rings (SSSR count). The van der Waals surface area contributed by atoms with Gasteiger partial charge in [-0.25, -0.2) is 0 Å². The number of aromatic nitrogens is 1. The first-order valence-electron chi connectivity index (χ1n) is 5.51. The smallest absolute Gasteiger partial charge is 0.255 e. The van der Waals surface area contributed by atoms with Crippen molar-refractivity contribution >= 4 is 39.1 Å². The Morgan fingerprint density at radius 2 is 2.16 bits per heavy atom. The monoisotopic (exact) mass is 339 g/mol. The molecule has 1 aromatic carbocycles. The molecule has 0 unspecified atom stereocenters. The van der Waals surface area contributed by atoms with Crippen molar-refractivity contribution in [3.05, 3.63) is 57.3 Å². The highest BCUT2D eigenvalue weighted by Crippen LogP contribution is 2.26. The van der Waals surface area contributed by atoms with Gasteiger partial charge in [-0.05, 0) is 30.3 Å². The minimum atomic E-state index is -0.249.